The van der Waals surface area contributed by atoms with Gasteiger partial charge in [-0.05, 0) is 35.6 Å². The molecule has 5 nitrogen and oxygen atoms in total. The van der Waals surface area contributed by atoms with E-state index in [0.717, 1.165) is 17.7 Å². The van der Waals surface area contributed by atoms with Crippen molar-refractivity contribution in [3.05, 3.63) is 52.2 Å². The van der Waals surface area contributed by atoms with Crippen LogP contribution in [0.3, 0.4) is 0 Å². The van der Waals surface area contributed by atoms with Crippen molar-refractivity contribution in [2.45, 2.75) is 18.8 Å². The van der Waals surface area contributed by atoms with Crippen LogP contribution in [0.4, 0.5) is 0 Å². The standard InChI is InChI=1S/C21H24N2O3S/c1-26-16-6-4-15(5-7-16)13-20(24)22-8-10-23(11-9-22)21(25)18-14-17(18)19-3-2-12-27-19/h2-7,12,17-18H,8-11,13-14H2,1H3/t17-,18-/m0/s1. The molecule has 1 aromatic heterocycles. The second-order valence-electron chi connectivity index (χ2n) is 7.20. The number of carbonyl (C=O) groups excluding carboxylic acids is 2. The van der Waals surface area contributed by atoms with Crippen LogP contribution in [0.15, 0.2) is 41.8 Å². The molecule has 1 aliphatic carbocycles. The number of nitrogens with zero attached hydrogens (tertiary/aromatic N) is 2. The molecule has 0 spiro atoms. The van der Waals surface area contributed by atoms with Gasteiger partial charge in [-0.1, -0.05) is 18.2 Å². The molecule has 2 atom stereocenters. The number of methoxy groups -OCH3 is 1. The smallest absolute Gasteiger partial charge is 0.227 e. The summed E-state index contributed by atoms with van der Waals surface area (Å²) in [5, 5.41) is 2.07. The topological polar surface area (TPSA) is 49.9 Å². The zero-order valence-electron chi connectivity index (χ0n) is 15.5. The summed E-state index contributed by atoms with van der Waals surface area (Å²) in [6.45, 7) is 2.52. The van der Waals surface area contributed by atoms with Gasteiger partial charge in [0.15, 0.2) is 0 Å². The van der Waals surface area contributed by atoms with Crippen LogP contribution in [0.25, 0.3) is 0 Å². The van der Waals surface area contributed by atoms with Crippen molar-refractivity contribution in [1.82, 2.24) is 9.80 Å². The maximum Gasteiger partial charge on any atom is 0.227 e. The molecule has 2 fully saturated rings. The van der Waals surface area contributed by atoms with E-state index in [2.05, 4.69) is 11.4 Å². The van der Waals surface area contributed by atoms with Gasteiger partial charge in [0.25, 0.3) is 0 Å². The van der Waals surface area contributed by atoms with Crippen molar-refractivity contribution >= 4 is 23.2 Å². The summed E-state index contributed by atoms with van der Waals surface area (Å²) in [4.78, 5) is 30.4. The molecule has 0 bridgehead atoms. The fourth-order valence-electron chi connectivity index (χ4n) is 3.73. The van der Waals surface area contributed by atoms with Gasteiger partial charge in [0.2, 0.25) is 11.8 Å². The summed E-state index contributed by atoms with van der Waals surface area (Å²) in [6, 6.07) is 11.8. The van der Waals surface area contributed by atoms with Crippen LogP contribution < -0.4 is 4.74 Å². The lowest BCUT2D eigenvalue weighted by atomic mass is 10.1. The Balaban J connectivity index is 1.26. The fraction of sp³-hybridized carbons (Fsp3) is 0.429. The number of ether oxygens (including phenoxy) is 1. The number of hydrogen-bond donors (Lipinski definition) is 0. The number of carbonyl (C=O) groups is 2. The fourth-order valence-corrected chi connectivity index (χ4v) is 4.63. The molecule has 6 heteroatoms. The van der Waals surface area contributed by atoms with Crippen molar-refractivity contribution < 1.29 is 14.3 Å². The number of amides is 2. The van der Waals surface area contributed by atoms with Gasteiger partial charge in [-0.25, -0.2) is 0 Å². The van der Waals surface area contributed by atoms with Crippen LogP contribution in [0.1, 0.15) is 22.8 Å². The van der Waals surface area contributed by atoms with Crippen molar-refractivity contribution in [3.63, 3.8) is 0 Å². The van der Waals surface area contributed by atoms with Crippen molar-refractivity contribution in [2.75, 3.05) is 33.3 Å². The average Bonchev–Trinajstić information content (AvgIpc) is 3.32. The Morgan fingerprint density at radius 2 is 1.78 bits per heavy atom. The van der Waals surface area contributed by atoms with Crippen molar-refractivity contribution in [2.24, 2.45) is 5.92 Å². The van der Waals surface area contributed by atoms with Crippen LogP contribution in [-0.2, 0) is 16.0 Å². The number of benzene rings is 1. The lowest BCUT2D eigenvalue weighted by molar-refractivity contribution is -0.140. The largest absolute Gasteiger partial charge is 0.497 e. The van der Waals surface area contributed by atoms with E-state index in [1.165, 1.54) is 4.88 Å². The number of rotatable bonds is 5. The predicted octanol–water partition coefficient (Wildman–Crippen LogP) is 2.77. The summed E-state index contributed by atoms with van der Waals surface area (Å²) >= 11 is 1.74. The average molecular weight is 385 g/mol. The van der Waals surface area contributed by atoms with E-state index in [-0.39, 0.29) is 17.7 Å². The molecule has 1 saturated carbocycles. The molecule has 2 amide bonds. The van der Waals surface area contributed by atoms with Crippen LogP contribution in [0.5, 0.6) is 5.75 Å². The first-order valence-electron chi connectivity index (χ1n) is 9.38. The van der Waals surface area contributed by atoms with Crippen molar-refractivity contribution in [3.8, 4) is 5.75 Å². The third kappa shape index (κ3) is 4.00. The Kier molecular flexibility index (Phi) is 5.16. The predicted molar refractivity (Wildman–Crippen MR) is 105 cm³/mol. The van der Waals surface area contributed by atoms with Crippen LogP contribution in [0, 0.1) is 5.92 Å². The van der Waals surface area contributed by atoms with Gasteiger partial charge in [0.1, 0.15) is 5.75 Å². The molecule has 2 aliphatic rings. The van der Waals surface area contributed by atoms with E-state index < -0.39 is 0 Å². The molecule has 1 aliphatic heterocycles. The first-order chi connectivity index (χ1) is 13.2. The molecular weight excluding hydrogens is 360 g/mol. The molecule has 2 heterocycles. The molecule has 4 rings (SSSR count). The molecule has 1 aromatic carbocycles. The minimum Gasteiger partial charge on any atom is -0.497 e. The summed E-state index contributed by atoms with van der Waals surface area (Å²) < 4.78 is 5.15. The first-order valence-corrected chi connectivity index (χ1v) is 10.3. The molecule has 0 radical (unpaired) electrons. The highest BCUT2D eigenvalue weighted by molar-refractivity contribution is 7.10. The van der Waals surface area contributed by atoms with E-state index >= 15 is 0 Å². The maximum atomic E-state index is 12.7. The van der Waals surface area contributed by atoms with E-state index in [9.17, 15) is 9.59 Å². The van der Waals surface area contributed by atoms with Crippen LogP contribution >= 0.6 is 11.3 Å². The highest BCUT2D eigenvalue weighted by Gasteiger charge is 2.46. The maximum absolute atomic E-state index is 12.7. The second-order valence-corrected chi connectivity index (χ2v) is 8.17. The van der Waals surface area contributed by atoms with Gasteiger partial charge in [0.05, 0.1) is 13.5 Å². The third-order valence-electron chi connectivity index (χ3n) is 5.47. The molecule has 142 valence electrons. The van der Waals surface area contributed by atoms with E-state index in [1.54, 1.807) is 18.4 Å². The van der Waals surface area contributed by atoms with Gasteiger partial charge in [-0.2, -0.15) is 0 Å². The van der Waals surface area contributed by atoms with E-state index in [1.807, 2.05) is 40.1 Å². The summed E-state index contributed by atoms with van der Waals surface area (Å²) in [5.74, 6) is 1.72. The lowest BCUT2D eigenvalue weighted by Crippen LogP contribution is -2.51. The summed E-state index contributed by atoms with van der Waals surface area (Å²) in [5.41, 5.74) is 0.982. The van der Waals surface area contributed by atoms with E-state index in [0.29, 0.717) is 38.5 Å². The Hall–Kier alpha value is -2.34. The zero-order valence-corrected chi connectivity index (χ0v) is 16.3. The third-order valence-corrected chi connectivity index (χ3v) is 6.48. The van der Waals surface area contributed by atoms with Crippen LogP contribution in [0.2, 0.25) is 0 Å². The van der Waals surface area contributed by atoms with Gasteiger partial charge >= 0.3 is 0 Å². The highest BCUT2D eigenvalue weighted by Crippen LogP contribution is 2.50. The minimum absolute atomic E-state index is 0.121. The Labute approximate surface area is 163 Å². The summed E-state index contributed by atoms with van der Waals surface area (Å²) in [7, 11) is 1.63. The summed E-state index contributed by atoms with van der Waals surface area (Å²) in [6.07, 6.45) is 1.36. The molecule has 2 aromatic rings. The zero-order chi connectivity index (χ0) is 18.8. The van der Waals surface area contributed by atoms with Gasteiger partial charge in [-0.15, -0.1) is 11.3 Å². The lowest BCUT2D eigenvalue weighted by Gasteiger charge is -2.35. The first kappa shape index (κ1) is 18.0. The quantitative estimate of drug-likeness (QED) is 0.797. The van der Waals surface area contributed by atoms with Gasteiger partial charge in [-0.3, -0.25) is 9.59 Å². The second kappa shape index (κ2) is 7.72. The number of hydrogen-bond acceptors (Lipinski definition) is 4. The molecule has 1 saturated heterocycles. The van der Waals surface area contributed by atoms with E-state index in [4.69, 9.17) is 4.74 Å². The molecular formula is C21H24N2O3S. The van der Waals surface area contributed by atoms with Crippen LogP contribution in [-0.4, -0.2) is 54.9 Å². The van der Waals surface area contributed by atoms with Crippen molar-refractivity contribution in [1.29, 1.82) is 0 Å². The Morgan fingerprint density at radius 3 is 2.41 bits per heavy atom. The molecule has 0 unspecified atom stereocenters. The Morgan fingerprint density at radius 1 is 1.07 bits per heavy atom. The Bertz CT molecular complexity index is 795. The van der Waals surface area contributed by atoms with Gasteiger partial charge in [0, 0.05) is 42.9 Å². The van der Waals surface area contributed by atoms with Gasteiger partial charge < -0.3 is 14.5 Å². The minimum atomic E-state index is 0.121. The SMILES string of the molecule is COc1ccc(CC(=O)N2CCN(C(=O)[C@H]3C[C@@H]3c3cccs3)CC2)cc1. The number of thiophene rings is 1. The molecule has 0 N–H and O–H groups in total. The highest BCUT2D eigenvalue weighted by atomic mass is 32.1. The normalized spacial score (nSPS) is 21.8. The molecule has 27 heavy (non-hydrogen) atoms. The number of piperazine rings is 1. The monoisotopic (exact) mass is 384 g/mol.